The van der Waals surface area contributed by atoms with Gasteiger partial charge in [0.05, 0.1) is 12.0 Å². The monoisotopic (exact) mass is 291 g/mol. The Labute approximate surface area is 126 Å². The molecule has 1 N–H and O–H groups in total. The van der Waals surface area contributed by atoms with E-state index < -0.39 is 11.9 Å². The molecule has 0 radical (unpaired) electrons. The van der Waals surface area contributed by atoms with E-state index in [9.17, 15) is 4.79 Å². The average molecular weight is 291 g/mol. The molecule has 4 nitrogen and oxygen atoms in total. The summed E-state index contributed by atoms with van der Waals surface area (Å²) in [6, 6.07) is 7.95. The third-order valence-corrected chi connectivity index (χ3v) is 4.19. The van der Waals surface area contributed by atoms with Gasteiger partial charge in [-0.1, -0.05) is 24.3 Å². The molecule has 1 aliphatic rings. The second-order valence-electron chi connectivity index (χ2n) is 5.73. The summed E-state index contributed by atoms with van der Waals surface area (Å²) in [6.45, 7) is 7.63. The Kier molecular flexibility index (Phi) is 5.76. The molecule has 1 heterocycles. The summed E-state index contributed by atoms with van der Waals surface area (Å²) >= 11 is 0. The van der Waals surface area contributed by atoms with Gasteiger partial charge in [0.2, 0.25) is 0 Å². The number of hydrogen-bond acceptors (Lipinski definition) is 3. The lowest BCUT2D eigenvalue weighted by Crippen LogP contribution is -2.36. The van der Waals surface area contributed by atoms with Gasteiger partial charge < -0.3 is 9.84 Å². The van der Waals surface area contributed by atoms with Gasteiger partial charge in [0, 0.05) is 26.2 Å². The lowest BCUT2D eigenvalue weighted by Gasteiger charge is -2.31. The van der Waals surface area contributed by atoms with Crippen LogP contribution in [-0.4, -0.2) is 41.8 Å². The summed E-state index contributed by atoms with van der Waals surface area (Å²) in [6.07, 6.45) is 2.62. The molecule has 0 saturated carbocycles. The highest BCUT2D eigenvalue weighted by atomic mass is 16.5. The Hall–Kier alpha value is -1.39. The normalized spacial score (nSPS) is 18.6. The smallest absolute Gasteiger partial charge is 0.310 e. The van der Waals surface area contributed by atoms with Gasteiger partial charge >= 0.3 is 5.97 Å². The maximum atomic E-state index is 11.0. The van der Waals surface area contributed by atoms with Gasteiger partial charge in [-0.15, -0.1) is 0 Å². The summed E-state index contributed by atoms with van der Waals surface area (Å²) < 4.78 is 5.66. The molecule has 1 aromatic rings. The van der Waals surface area contributed by atoms with Crippen LogP contribution in [0.15, 0.2) is 24.3 Å². The van der Waals surface area contributed by atoms with Gasteiger partial charge in [0.1, 0.15) is 0 Å². The Morgan fingerprint density at radius 3 is 2.48 bits per heavy atom. The molecule has 2 rings (SSSR count). The van der Waals surface area contributed by atoms with Gasteiger partial charge in [-0.3, -0.25) is 9.69 Å². The molecule has 1 saturated heterocycles. The fourth-order valence-electron chi connectivity index (χ4n) is 2.78. The largest absolute Gasteiger partial charge is 0.481 e. The fourth-order valence-corrected chi connectivity index (χ4v) is 2.78. The molecular weight excluding hydrogens is 266 g/mol. The maximum absolute atomic E-state index is 11.0. The van der Waals surface area contributed by atoms with Crippen molar-refractivity contribution in [3.63, 3.8) is 0 Å². The van der Waals surface area contributed by atoms with E-state index in [-0.39, 0.29) is 0 Å². The Morgan fingerprint density at radius 1 is 1.33 bits per heavy atom. The predicted molar refractivity (Wildman–Crippen MR) is 82.4 cm³/mol. The minimum atomic E-state index is -0.777. The fraction of sp³-hybridized carbons (Fsp3) is 0.588. The van der Waals surface area contributed by atoms with Crippen LogP contribution in [0.25, 0.3) is 0 Å². The van der Waals surface area contributed by atoms with Crippen LogP contribution >= 0.6 is 0 Å². The van der Waals surface area contributed by atoms with E-state index in [0.29, 0.717) is 6.10 Å². The maximum Gasteiger partial charge on any atom is 0.310 e. The van der Waals surface area contributed by atoms with Crippen LogP contribution in [0.1, 0.15) is 43.7 Å². The first-order valence-electron chi connectivity index (χ1n) is 7.75. The first-order valence-corrected chi connectivity index (χ1v) is 7.75. The Morgan fingerprint density at radius 2 is 1.95 bits per heavy atom. The van der Waals surface area contributed by atoms with Crippen molar-refractivity contribution in [3.8, 4) is 0 Å². The minimum Gasteiger partial charge on any atom is -0.481 e. The van der Waals surface area contributed by atoms with Gasteiger partial charge in [0.25, 0.3) is 0 Å². The minimum absolute atomic E-state index is 0.421. The van der Waals surface area contributed by atoms with Crippen molar-refractivity contribution in [2.75, 3.05) is 19.7 Å². The second kappa shape index (κ2) is 7.57. The van der Waals surface area contributed by atoms with E-state index >= 15 is 0 Å². The summed E-state index contributed by atoms with van der Waals surface area (Å²) in [7, 11) is 0. The summed E-state index contributed by atoms with van der Waals surface area (Å²) in [5, 5.41) is 9.01. The lowest BCUT2D eigenvalue weighted by molar-refractivity contribution is -0.138. The number of nitrogens with zero attached hydrogens (tertiary/aromatic N) is 1. The van der Waals surface area contributed by atoms with E-state index in [1.807, 2.05) is 31.2 Å². The third kappa shape index (κ3) is 4.55. The molecule has 0 aliphatic carbocycles. The predicted octanol–water partition coefficient (Wildman–Crippen LogP) is 2.88. The van der Waals surface area contributed by atoms with E-state index in [1.165, 1.54) is 5.56 Å². The molecule has 1 aliphatic heterocycles. The van der Waals surface area contributed by atoms with E-state index in [2.05, 4.69) is 4.90 Å². The van der Waals surface area contributed by atoms with Crippen molar-refractivity contribution in [2.24, 2.45) is 0 Å². The Bertz CT molecular complexity index is 450. The molecule has 4 heteroatoms. The van der Waals surface area contributed by atoms with Gasteiger partial charge in [-0.05, 0) is 37.8 Å². The van der Waals surface area contributed by atoms with Gasteiger partial charge in [-0.2, -0.15) is 0 Å². The molecule has 1 unspecified atom stereocenters. The SMILES string of the molecule is CCOC1CCN(Cc2ccc(C(C)C(=O)O)cc2)CC1. The second-order valence-corrected chi connectivity index (χ2v) is 5.73. The summed E-state index contributed by atoms with van der Waals surface area (Å²) in [5.74, 6) is -1.22. The highest BCUT2D eigenvalue weighted by Crippen LogP contribution is 2.19. The number of piperidine rings is 1. The first kappa shape index (κ1) is 16.0. The number of carboxylic acids is 1. The lowest BCUT2D eigenvalue weighted by atomic mass is 9.99. The van der Waals surface area contributed by atoms with Crippen molar-refractivity contribution in [2.45, 2.75) is 45.3 Å². The van der Waals surface area contributed by atoms with E-state index in [1.54, 1.807) is 6.92 Å². The number of carboxylic acid groups (broad SMARTS) is 1. The van der Waals surface area contributed by atoms with Crippen LogP contribution in [0.5, 0.6) is 0 Å². The molecule has 1 aromatic carbocycles. The average Bonchev–Trinajstić information content (AvgIpc) is 2.49. The standard InChI is InChI=1S/C17H25NO3/c1-3-21-16-8-10-18(11-9-16)12-14-4-6-15(7-5-14)13(2)17(19)20/h4-7,13,16H,3,8-12H2,1-2H3,(H,19,20). The highest BCUT2D eigenvalue weighted by molar-refractivity contribution is 5.75. The number of carbonyl (C=O) groups is 1. The number of hydrogen-bond donors (Lipinski definition) is 1. The zero-order valence-electron chi connectivity index (χ0n) is 12.9. The number of benzene rings is 1. The summed E-state index contributed by atoms with van der Waals surface area (Å²) in [4.78, 5) is 13.4. The van der Waals surface area contributed by atoms with Crippen molar-refractivity contribution in [3.05, 3.63) is 35.4 Å². The van der Waals surface area contributed by atoms with Gasteiger partial charge in [-0.25, -0.2) is 0 Å². The molecule has 21 heavy (non-hydrogen) atoms. The van der Waals surface area contributed by atoms with Gasteiger partial charge in [0.15, 0.2) is 0 Å². The van der Waals surface area contributed by atoms with Crippen LogP contribution in [0, 0.1) is 0 Å². The topological polar surface area (TPSA) is 49.8 Å². The summed E-state index contributed by atoms with van der Waals surface area (Å²) in [5.41, 5.74) is 2.10. The quantitative estimate of drug-likeness (QED) is 0.875. The zero-order chi connectivity index (χ0) is 15.2. The molecule has 116 valence electrons. The number of ether oxygens (including phenoxy) is 1. The number of rotatable bonds is 6. The molecule has 0 bridgehead atoms. The van der Waals surface area contributed by atoms with Crippen LogP contribution < -0.4 is 0 Å². The van der Waals surface area contributed by atoms with Crippen molar-refractivity contribution in [1.29, 1.82) is 0 Å². The highest BCUT2D eigenvalue weighted by Gasteiger charge is 2.19. The van der Waals surface area contributed by atoms with Crippen LogP contribution in [0.4, 0.5) is 0 Å². The molecule has 1 fully saturated rings. The number of aliphatic carboxylic acids is 1. The molecular formula is C17H25NO3. The molecule has 1 atom stereocenters. The van der Waals surface area contributed by atoms with Crippen LogP contribution in [-0.2, 0) is 16.1 Å². The van der Waals surface area contributed by atoms with E-state index in [4.69, 9.17) is 9.84 Å². The Balaban J connectivity index is 1.85. The first-order chi connectivity index (χ1) is 10.1. The molecule has 0 spiro atoms. The molecule has 0 amide bonds. The van der Waals surface area contributed by atoms with Crippen molar-refractivity contribution < 1.29 is 14.6 Å². The number of likely N-dealkylation sites (tertiary alicyclic amines) is 1. The molecule has 0 aromatic heterocycles. The van der Waals surface area contributed by atoms with Crippen molar-refractivity contribution in [1.82, 2.24) is 4.90 Å². The van der Waals surface area contributed by atoms with Crippen molar-refractivity contribution >= 4 is 5.97 Å². The zero-order valence-corrected chi connectivity index (χ0v) is 12.9. The van der Waals surface area contributed by atoms with E-state index in [0.717, 1.165) is 44.6 Å². The third-order valence-electron chi connectivity index (χ3n) is 4.19. The van der Waals surface area contributed by atoms with Crippen LogP contribution in [0.2, 0.25) is 0 Å². The van der Waals surface area contributed by atoms with Crippen LogP contribution in [0.3, 0.4) is 0 Å².